The van der Waals surface area contributed by atoms with Gasteiger partial charge in [-0.1, -0.05) is 31.5 Å². The van der Waals surface area contributed by atoms with Crippen LogP contribution < -0.4 is 0 Å². The molecule has 0 bridgehead atoms. The molecule has 0 saturated heterocycles. The Morgan fingerprint density at radius 1 is 1.23 bits per heavy atom. The number of esters is 2. The fourth-order valence-electron chi connectivity index (χ4n) is 3.37. The molecule has 120 valence electrons. The zero-order chi connectivity index (χ0) is 16.3. The van der Waals surface area contributed by atoms with E-state index in [1.807, 2.05) is 32.9 Å². The molecule has 1 fully saturated rings. The number of hydrogen-bond acceptors (Lipinski definition) is 4. The van der Waals surface area contributed by atoms with Crippen LogP contribution in [0.3, 0.4) is 0 Å². The summed E-state index contributed by atoms with van der Waals surface area (Å²) in [5, 5.41) is 0. The predicted molar refractivity (Wildman–Crippen MR) is 83.5 cm³/mol. The fourth-order valence-corrected chi connectivity index (χ4v) is 3.37. The standard InChI is InChI=1S/C18H24O4/c1-12(2)18(17(20)21-4)11-5-6-15(18)22-16(19)14-9-7-13(3)8-10-14/h7-10,12,15H,5-6,11H2,1-4H3. The topological polar surface area (TPSA) is 52.6 Å². The molecule has 0 aliphatic heterocycles. The smallest absolute Gasteiger partial charge is 0.338 e. The first-order valence-corrected chi connectivity index (χ1v) is 7.78. The monoisotopic (exact) mass is 304 g/mol. The van der Waals surface area contributed by atoms with E-state index in [0.717, 1.165) is 12.0 Å². The van der Waals surface area contributed by atoms with Gasteiger partial charge in [-0.05, 0) is 44.2 Å². The number of carbonyl (C=O) groups excluding carboxylic acids is 2. The van der Waals surface area contributed by atoms with Gasteiger partial charge in [-0.15, -0.1) is 0 Å². The van der Waals surface area contributed by atoms with Crippen molar-refractivity contribution in [2.75, 3.05) is 7.11 Å². The van der Waals surface area contributed by atoms with Crippen molar-refractivity contribution in [2.45, 2.75) is 46.1 Å². The molecule has 4 nitrogen and oxygen atoms in total. The van der Waals surface area contributed by atoms with Crippen molar-refractivity contribution >= 4 is 11.9 Å². The Bertz CT molecular complexity index is 547. The Morgan fingerprint density at radius 2 is 1.86 bits per heavy atom. The second-order valence-corrected chi connectivity index (χ2v) is 6.34. The van der Waals surface area contributed by atoms with Crippen LogP contribution in [0.15, 0.2) is 24.3 Å². The normalized spacial score (nSPS) is 24.3. The average molecular weight is 304 g/mol. The molecule has 0 N–H and O–H groups in total. The van der Waals surface area contributed by atoms with Gasteiger partial charge in [-0.2, -0.15) is 0 Å². The van der Waals surface area contributed by atoms with Gasteiger partial charge in [0.15, 0.2) is 0 Å². The highest BCUT2D eigenvalue weighted by Gasteiger charge is 2.54. The van der Waals surface area contributed by atoms with Crippen LogP contribution in [-0.4, -0.2) is 25.2 Å². The Kier molecular flexibility index (Phi) is 4.89. The minimum absolute atomic E-state index is 0.0540. The van der Waals surface area contributed by atoms with Crippen LogP contribution in [0.5, 0.6) is 0 Å². The summed E-state index contributed by atoms with van der Waals surface area (Å²) in [7, 11) is 1.39. The van der Waals surface area contributed by atoms with Crippen molar-refractivity contribution < 1.29 is 19.1 Å². The first kappa shape index (κ1) is 16.5. The van der Waals surface area contributed by atoms with Gasteiger partial charge in [0.25, 0.3) is 0 Å². The summed E-state index contributed by atoms with van der Waals surface area (Å²) in [6.45, 7) is 5.93. The van der Waals surface area contributed by atoms with E-state index in [4.69, 9.17) is 9.47 Å². The molecular weight excluding hydrogens is 280 g/mol. The Balaban J connectivity index is 2.21. The fraction of sp³-hybridized carbons (Fsp3) is 0.556. The van der Waals surface area contributed by atoms with Gasteiger partial charge < -0.3 is 9.47 Å². The first-order valence-electron chi connectivity index (χ1n) is 7.78. The van der Waals surface area contributed by atoms with Crippen molar-refractivity contribution in [3.63, 3.8) is 0 Å². The number of rotatable bonds is 4. The van der Waals surface area contributed by atoms with E-state index in [0.29, 0.717) is 18.4 Å². The highest BCUT2D eigenvalue weighted by atomic mass is 16.6. The van der Waals surface area contributed by atoms with Gasteiger partial charge in [0.1, 0.15) is 11.5 Å². The molecule has 2 atom stereocenters. The lowest BCUT2D eigenvalue weighted by Gasteiger charge is -2.35. The van der Waals surface area contributed by atoms with Crippen LogP contribution in [0.1, 0.15) is 49.0 Å². The molecule has 0 amide bonds. The highest BCUT2D eigenvalue weighted by Crippen LogP contribution is 2.47. The summed E-state index contributed by atoms with van der Waals surface area (Å²) in [4.78, 5) is 24.7. The zero-order valence-electron chi connectivity index (χ0n) is 13.7. The average Bonchev–Trinajstić information content (AvgIpc) is 2.91. The highest BCUT2D eigenvalue weighted by molar-refractivity contribution is 5.90. The molecule has 2 rings (SSSR count). The number of carbonyl (C=O) groups is 2. The number of benzene rings is 1. The lowest BCUT2D eigenvalue weighted by atomic mass is 9.74. The van der Waals surface area contributed by atoms with Gasteiger partial charge >= 0.3 is 11.9 Å². The molecule has 1 saturated carbocycles. The van der Waals surface area contributed by atoms with Gasteiger partial charge in [-0.25, -0.2) is 4.79 Å². The lowest BCUT2D eigenvalue weighted by Crippen LogP contribution is -2.45. The van der Waals surface area contributed by atoms with E-state index in [9.17, 15) is 9.59 Å². The molecule has 4 heteroatoms. The van der Waals surface area contributed by atoms with Crippen LogP contribution in [0, 0.1) is 18.3 Å². The Labute approximate surface area is 131 Å². The first-order chi connectivity index (χ1) is 10.4. The van der Waals surface area contributed by atoms with Crippen molar-refractivity contribution in [1.82, 2.24) is 0 Å². The summed E-state index contributed by atoms with van der Waals surface area (Å²) in [6.07, 6.45) is 1.83. The largest absolute Gasteiger partial charge is 0.468 e. The maximum atomic E-state index is 12.4. The van der Waals surface area contributed by atoms with Crippen LogP contribution in [0.4, 0.5) is 0 Å². The zero-order valence-corrected chi connectivity index (χ0v) is 13.7. The van der Waals surface area contributed by atoms with Crippen molar-refractivity contribution in [1.29, 1.82) is 0 Å². The summed E-state index contributed by atoms with van der Waals surface area (Å²) < 4.78 is 10.7. The molecular formula is C18H24O4. The summed E-state index contributed by atoms with van der Waals surface area (Å²) >= 11 is 0. The molecule has 1 aromatic rings. The molecule has 0 spiro atoms. The van der Waals surface area contributed by atoms with E-state index in [-0.39, 0.29) is 17.9 Å². The number of methoxy groups -OCH3 is 1. The van der Waals surface area contributed by atoms with E-state index in [2.05, 4.69) is 0 Å². The van der Waals surface area contributed by atoms with Crippen LogP contribution >= 0.6 is 0 Å². The number of ether oxygens (including phenoxy) is 2. The number of hydrogen-bond donors (Lipinski definition) is 0. The van der Waals surface area contributed by atoms with Crippen molar-refractivity contribution in [3.05, 3.63) is 35.4 Å². The maximum Gasteiger partial charge on any atom is 0.338 e. The summed E-state index contributed by atoms with van der Waals surface area (Å²) in [6, 6.07) is 7.26. The Hall–Kier alpha value is -1.84. The molecule has 0 radical (unpaired) electrons. The minimum atomic E-state index is -0.727. The van der Waals surface area contributed by atoms with Crippen LogP contribution in [-0.2, 0) is 14.3 Å². The minimum Gasteiger partial charge on any atom is -0.468 e. The van der Waals surface area contributed by atoms with Crippen molar-refractivity contribution in [3.8, 4) is 0 Å². The third-order valence-electron chi connectivity index (χ3n) is 4.76. The quantitative estimate of drug-likeness (QED) is 0.799. The molecule has 1 aliphatic rings. The van der Waals surface area contributed by atoms with E-state index < -0.39 is 11.5 Å². The van der Waals surface area contributed by atoms with Gasteiger partial charge in [0.05, 0.1) is 12.7 Å². The lowest BCUT2D eigenvalue weighted by molar-refractivity contribution is -0.162. The summed E-state index contributed by atoms with van der Waals surface area (Å²) in [5.74, 6) is -0.596. The van der Waals surface area contributed by atoms with Gasteiger partial charge in [-0.3, -0.25) is 4.79 Å². The molecule has 22 heavy (non-hydrogen) atoms. The second kappa shape index (κ2) is 6.51. The third-order valence-corrected chi connectivity index (χ3v) is 4.76. The molecule has 2 unspecified atom stereocenters. The summed E-state index contributed by atoms with van der Waals surface area (Å²) in [5.41, 5.74) is 0.873. The van der Waals surface area contributed by atoms with E-state index in [1.165, 1.54) is 7.11 Å². The van der Waals surface area contributed by atoms with Gasteiger partial charge in [0, 0.05) is 0 Å². The van der Waals surface area contributed by atoms with E-state index in [1.54, 1.807) is 12.1 Å². The second-order valence-electron chi connectivity index (χ2n) is 6.34. The van der Waals surface area contributed by atoms with Crippen LogP contribution in [0.2, 0.25) is 0 Å². The number of aryl methyl sites for hydroxylation is 1. The third kappa shape index (κ3) is 2.87. The molecule has 0 heterocycles. The van der Waals surface area contributed by atoms with Crippen LogP contribution in [0.25, 0.3) is 0 Å². The van der Waals surface area contributed by atoms with E-state index >= 15 is 0 Å². The Morgan fingerprint density at radius 3 is 2.41 bits per heavy atom. The SMILES string of the molecule is COC(=O)C1(C(C)C)CCCC1OC(=O)c1ccc(C)cc1. The van der Waals surface area contributed by atoms with Gasteiger partial charge in [0.2, 0.25) is 0 Å². The van der Waals surface area contributed by atoms with Crippen molar-refractivity contribution in [2.24, 2.45) is 11.3 Å². The molecule has 1 aromatic carbocycles. The predicted octanol–water partition coefficient (Wildman–Crippen LogP) is 3.52. The maximum absolute atomic E-state index is 12.4. The molecule has 0 aromatic heterocycles. The molecule has 1 aliphatic carbocycles.